The number of halogens is 1. The summed E-state index contributed by atoms with van der Waals surface area (Å²) in [5, 5.41) is 2.65. The van der Waals surface area contributed by atoms with E-state index in [1.165, 1.54) is 0 Å². The molecule has 0 aliphatic rings. The van der Waals surface area contributed by atoms with E-state index in [0.29, 0.717) is 17.1 Å². The van der Waals surface area contributed by atoms with Crippen molar-refractivity contribution in [3.63, 3.8) is 0 Å². The highest BCUT2D eigenvalue weighted by molar-refractivity contribution is 6.19. The fourth-order valence-electron chi connectivity index (χ4n) is 0.954. The standard InChI is InChI=1S/C10H10ClNO2/c11-6-5-10(14)12-9-3-1-8(7-13)2-4-9/h1-4,7H,5-6H2,(H,12,14). The Bertz CT molecular complexity index is 321. The number of benzene rings is 1. The maximum Gasteiger partial charge on any atom is 0.225 e. The molecule has 3 nitrogen and oxygen atoms in total. The number of rotatable bonds is 4. The number of hydrogen-bond donors (Lipinski definition) is 1. The quantitative estimate of drug-likeness (QED) is 0.612. The molecule has 1 N–H and O–H groups in total. The first-order chi connectivity index (χ1) is 6.76. The van der Waals surface area contributed by atoms with Crippen LogP contribution in [0.3, 0.4) is 0 Å². The average Bonchev–Trinajstić information content (AvgIpc) is 2.19. The fourth-order valence-corrected chi connectivity index (χ4v) is 1.13. The first-order valence-corrected chi connectivity index (χ1v) is 4.71. The lowest BCUT2D eigenvalue weighted by molar-refractivity contribution is -0.115. The van der Waals surface area contributed by atoms with Crippen LogP contribution in [0.25, 0.3) is 0 Å². The fraction of sp³-hybridized carbons (Fsp3) is 0.200. The molecule has 1 aromatic carbocycles. The van der Waals surface area contributed by atoms with Gasteiger partial charge in [0.15, 0.2) is 0 Å². The molecule has 0 unspecified atom stereocenters. The molecular formula is C10H10ClNO2. The number of hydrogen-bond acceptors (Lipinski definition) is 2. The Hall–Kier alpha value is -1.35. The second-order valence-electron chi connectivity index (χ2n) is 2.73. The summed E-state index contributed by atoms with van der Waals surface area (Å²) in [5.74, 6) is 0.178. The summed E-state index contributed by atoms with van der Waals surface area (Å²) in [6, 6.07) is 6.64. The monoisotopic (exact) mass is 211 g/mol. The van der Waals surface area contributed by atoms with Gasteiger partial charge >= 0.3 is 0 Å². The van der Waals surface area contributed by atoms with Gasteiger partial charge in [0.05, 0.1) is 0 Å². The summed E-state index contributed by atoms with van der Waals surface area (Å²) in [5.41, 5.74) is 1.26. The third kappa shape index (κ3) is 3.18. The lowest BCUT2D eigenvalue weighted by atomic mass is 10.2. The van der Waals surface area contributed by atoms with Gasteiger partial charge in [0, 0.05) is 23.6 Å². The molecule has 0 aromatic heterocycles. The van der Waals surface area contributed by atoms with Gasteiger partial charge in [-0.2, -0.15) is 0 Å². The van der Waals surface area contributed by atoms with E-state index in [0.717, 1.165) is 6.29 Å². The van der Waals surface area contributed by atoms with Crippen LogP contribution in [-0.4, -0.2) is 18.1 Å². The predicted octanol–water partition coefficient (Wildman–Crippen LogP) is 2.07. The maximum absolute atomic E-state index is 11.1. The van der Waals surface area contributed by atoms with Gasteiger partial charge in [-0.05, 0) is 24.3 Å². The minimum Gasteiger partial charge on any atom is -0.326 e. The van der Waals surface area contributed by atoms with E-state index in [-0.39, 0.29) is 12.3 Å². The van der Waals surface area contributed by atoms with Gasteiger partial charge in [-0.1, -0.05) is 0 Å². The van der Waals surface area contributed by atoms with Crippen LogP contribution < -0.4 is 5.32 Å². The summed E-state index contributed by atoms with van der Waals surface area (Å²) in [4.78, 5) is 21.4. The average molecular weight is 212 g/mol. The molecule has 14 heavy (non-hydrogen) atoms. The summed E-state index contributed by atoms with van der Waals surface area (Å²) in [6.07, 6.45) is 1.04. The van der Waals surface area contributed by atoms with Gasteiger partial charge in [-0.25, -0.2) is 0 Å². The number of aldehydes is 1. The topological polar surface area (TPSA) is 46.2 Å². The van der Waals surface area contributed by atoms with Crippen LogP contribution in [-0.2, 0) is 4.79 Å². The van der Waals surface area contributed by atoms with E-state index in [2.05, 4.69) is 5.32 Å². The zero-order chi connectivity index (χ0) is 10.4. The molecule has 0 heterocycles. The number of nitrogens with one attached hydrogen (secondary N) is 1. The van der Waals surface area contributed by atoms with E-state index >= 15 is 0 Å². The summed E-state index contributed by atoms with van der Waals surface area (Å²) < 4.78 is 0. The highest BCUT2D eigenvalue weighted by Crippen LogP contribution is 2.08. The van der Waals surface area contributed by atoms with Crippen molar-refractivity contribution in [2.24, 2.45) is 0 Å². The molecule has 0 bridgehead atoms. The second kappa shape index (κ2) is 5.40. The highest BCUT2D eigenvalue weighted by atomic mass is 35.5. The Kier molecular flexibility index (Phi) is 4.13. The van der Waals surface area contributed by atoms with Gasteiger partial charge in [0.1, 0.15) is 6.29 Å². The first kappa shape index (κ1) is 10.7. The summed E-state index contributed by atoms with van der Waals surface area (Å²) >= 11 is 5.40. The third-order valence-electron chi connectivity index (χ3n) is 1.65. The Morgan fingerprint density at radius 1 is 1.36 bits per heavy atom. The van der Waals surface area contributed by atoms with Gasteiger partial charge in [-0.15, -0.1) is 11.6 Å². The molecule has 0 fully saturated rings. The highest BCUT2D eigenvalue weighted by Gasteiger charge is 2.00. The molecule has 0 aliphatic heterocycles. The number of carbonyl (C=O) groups excluding carboxylic acids is 2. The number of anilines is 1. The SMILES string of the molecule is O=Cc1ccc(NC(=O)CCCl)cc1. The second-order valence-corrected chi connectivity index (χ2v) is 3.10. The van der Waals surface area contributed by atoms with Crippen molar-refractivity contribution in [1.82, 2.24) is 0 Å². The van der Waals surface area contributed by atoms with Crippen LogP contribution in [0.4, 0.5) is 5.69 Å². The van der Waals surface area contributed by atoms with Crippen LogP contribution in [0.2, 0.25) is 0 Å². The summed E-state index contributed by atoms with van der Waals surface area (Å²) in [7, 11) is 0. The molecule has 0 saturated carbocycles. The minimum atomic E-state index is -0.126. The molecule has 0 saturated heterocycles. The van der Waals surface area contributed by atoms with E-state index < -0.39 is 0 Å². The van der Waals surface area contributed by atoms with Gasteiger partial charge in [0.2, 0.25) is 5.91 Å². The predicted molar refractivity (Wildman–Crippen MR) is 55.8 cm³/mol. The molecule has 0 aliphatic carbocycles. The van der Waals surface area contributed by atoms with E-state index in [9.17, 15) is 9.59 Å². The van der Waals surface area contributed by atoms with Crippen molar-refractivity contribution in [3.8, 4) is 0 Å². The van der Waals surface area contributed by atoms with Crippen LogP contribution in [0.15, 0.2) is 24.3 Å². The third-order valence-corrected chi connectivity index (χ3v) is 1.84. The van der Waals surface area contributed by atoms with Crippen LogP contribution in [0, 0.1) is 0 Å². The number of carbonyl (C=O) groups is 2. The summed E-state index contributed by atoms with van der Waals surface area (Å²) in [6.45, 7) is 0. The normalized spacial score (nSPS) is 9.50. The molecule has 1 rings (SSSR count). The van der Waals surface area contributed by atoms with Crippen LogP contribution in [0.5, 0.6) is 0 Å². The largest absolute Gasteiger partial charge is 0.326 e. The molecule has 74 valence electrons. The van der Waals surface area contributed by atoms with Crippen molar-refractivity contribution in [2.75, 3.05) is 11.2 Å². The van der Waals surface area contributed by atoms with Crippen molar-refractivity contribution >= 4 is 29.5 Å². The van der Waals surface area contributed by atoms with Crippen molar-refractivity contribution < 1.29 is 9.59 Å². The van der Waals surface area contributed by atoms with E-state index in [1.807, 2.05) is 0 Å². The van der Waals surface area contributed by atoms with Crippen LogP contribution in [0.1, 0.15) is 16.8 Å². The lowest BCUT2D eigenvalue weighted by Gasteiger charge is -2.03. The van der Waals surface area contributed by atoms with Gasteiger partial charge in [-0.3, -0.25) is 9.59 Å². The Morgan fingerprint density at radius 2 is 2.00 bits per heavy atom. The number of amides is 1. The molecule has 1 amide bonds. The van der Waals surface area contributed by atoms with E-state index in [1.54, 1.807) is 24.3 Å². The Balaban J connectivity index is 2.59. The molecule has 1 aromatic rings. The van der Waals surface area contributed by atoms with Crippen molar-refractivity contribution in [3.05, 3.63) is 29.8 Å². The molecule has 0 spiro atoms. The number of alkyl halides is 1. The Labute approximate surface area is 87.1 Å². The van der Waals surface area contributed by atoms with Crippen molar-refractivity contribution in [1.29, 1.82) is 0 Å². The molecule has 4 heteroatoms. The van der Waals surface area contributed by atoms with Crippen molar-refractivity contribution in [2.45, 2.75) is 6.42 Å². The Morgan fingerprint density at radius 3 is 2.50 bits per heavy atom. The molecule has 0 atom stereocenters. The zero-order valence-corrected chi connectivity index (χ0v) is 8.25. The zero-order valence-electron chi connectivity index (χ0n) is 7.50. The van der Waals surface area contributed by atoms with Gasteiger partial charge < -0.3 is 5.32 Å². The first-order valence-electron chi connectivity index (χ1n) is 4.17. The van der Waals surface area contributed by atoms with E-state index in [4.69, 9.17) is 11.6 Å². The minimum absolute atomic E-state index is 0.126. The smallest absolute Gasteiger partial charge is 0.225 e. The molecule has 0 radical (unpaired) electrons. The van der Waals surface area contributed by atoms with Gasteiger partial charge in [0.25, 0.3) is 0 Å². The lowest BCUT2D eigenvalue weighted by Crippen LogP contribution is -2.11. The molecular weight excluding hydrogens is 202 g/mol. The maximum atomic E-state index is 11.1. The van der Waals surface area contributed by atoms with Crippen LogP contribution >= 0.6 is 11.6 Å².